The summed E-state index contributed by atoms with van der Waals surface area (Å²) in [7, 11) is 0. The van der Waals surface area contributed by atoms with Gasteiger partial charge in [-0.3, -0.25) is 14.9 Å². The van der Waals surface area contributed by atoms with Crippen molar-refractivity contribution in [2.24, 2.45) is 5.92 Å². The van der Waals surface area contributed by atoms with Gasteiger partial charge in [-0.05, 0) is 57.4 Å². The maximum absolute atomic E-state index is 13.3. The molecule has 30 heavy (non-hydrogen) atoms. The van der Waals surface area contributed by atoms with Crippen LogP contribution in [0.5, 0.6) is 0 Å². The number of aliphatic carboxylic acids is 1. The van der Waals surface area contributed by atoms with E-state index >= 15 is 0 Å². The molecule has 164 valence electrons. The monoisotopic (exact) mass is 421 g/mol. The Kier molecular flexibility index (Phi) is 5.47. The van der Waals surface area contributed by atoms with Crippen LogP contribution < -0.4 is 5.32 Å². The number of carbonyl (C=O) groups excluding carboxylic acids is 2. The summed E-state index contributed by atoms with van der Waals surface area (Å²) in [5.74, 6) is -1.90. The highest BCUT2D eigenvalue weighted by Crippen LogP contribution is 2.41. The number of rotatable bonds is 9. The van der Waals surface area contributed by atoms with Crippen molar-refractivity contribution in [1.29, 1.82) is 0 Å². The molecule has 2 fully saturated rings. The number of carboxylic acids is 1. The number of likely N-dealkylation sites (tertiary alicyclic amines) is 1. The minimum Gasteiger partial charge on any atom is -0.480 e. The van der Waals surface area contributed by atoms with E-state index < -0.39 is 54.1 Å². The lowest BCUT2D eigenvalue weighted by Gasteiger charge is -2.31. The van der Waals surface area contributed by atoms with Crippen LogP contribution in [0.4, 0.5) is 0 Å². The molecular formula is C23H32N2O5. The van der Waals surface area contributed by atoms with Crippen LogP contribution in [0.15, 0.2) is 30.2 Å². The molecule has 0 spiro atoms. The molecule has 2 unspecified atom stereocenters. The van der Waals surface area contributed by atoms with Gasteiger partial charge in [-0.15, -0.1) is 0 Å². The van der Waals surface area contributed by atoms with Crippen LogP contribution >= 0.6 is 0 Å². The highest BCUT2D eigenvalue weighted by molar-refractivity contribution is 5.88. The molecule has 0 radical (unpaired) electrons. The fourth-order valence-electron chi connectivity index (χ4n) is 4.63. The van der Waals surface area contributed by atoms with Crippen molar-refractivity contribution in [2.45, 2.75) is 76.5 Å². The number of carbonyl (C=O) groups is 3. The van der Waals surface area contributed by atoms with Crippen molar-refractivity contribution in [3.05, 3.63) is 35.8 Å². The van der Waals surface area contributed by atoms with Gasteiger partial charge in [0.1, 0.15) is 12.1 Å². The Bertz CT molecular complexity index is 978. The van der Waals surface area contributed by atoms with Crippen molar-refractivity contribution in [3.63, 3.8) is 0 Å². The second-order valence-electron chi connectivity index (χ2n) is 7.93. The highest BCUT2D eigenvalue weighted by Gasteiger charge is 2.49. The van der Waals surface area contributed by atoms with E-state index in [0.29, 0.717) is 6.42 Å². The van der Waals surface area contributed by atoms with E-state index in [-0.39, 0.29) is 49.1 Å². The molecule has 1 amide bonds. The molecule has 1 aromatic rings. The zero-order valence-corrected chi connectivity index (χ0v) is 17.4. The Hall–Kier alpha value is -2.41. The fourth-order valence-corrected chi connectivity index (χ4v) is 4.63. The summed E-state index contributed by atoms with van der Waals surface area (Å²) < 4.78 is 44.7. The third-order valence-electron chi connectivity index (χ3n) is 6.01. The summed E-state index contributed by atoms with van der Waals surface area (Å²) in [5.41, 5.74) is 0.0744. The number of nitrogens with zero attached hydrogens (tertiary/aromatic N) is 1. The van der Waals surface area contributed by atoms with Gasteiger partial charge in [-0.2, -0.15) is 0 Å². The first-order chi connectivity index (χ1) is 16.5. The van der Waals surface area contributed by atoms with Crippen LogP contribution in [0.25, 0.3) is 0 Å². The van der Waals surface area contributed by atoms with Gasteiger partial charge >= 0.3 is 11.9 Å². The van der Waals surface area contributed by atoms with Crippen molar-refractivity contribution >= 4 is 17.8 Å². The molecule has 1 saturated carbocycles. The molecular weight excluding hydrogens is 384 g/mol. The SMILES string of the molecule is [2H]c1c([2H])c([2H])c(CC[C@H](N[C@@H](C)C(=O)N2C3CCCC3C[C@H]2C(=O)O)C(=O)OCC)c([2H])c1[2H]. The second-order valence-corrected chi connectivity index (χ2v) is 7.93. The number of fused-ring (bicyclic) bond motifs is 1. The highest BCUT2D eigenvalue weighted by atomic mass is 16.5. The summed E-state index contributed by atoms with van der Waals surface area (Å²) in [4.78, 5) is 39.3. The number of benzene rings is 1. The largest absolute Gasteiger partial charge is 0.480 e. The molecule has 2 N–H and O–H groups in total. The minimum atomic E-state index is -1.04. The van der Waals surface area contributed by atoms with Crippen molar-refractivity contribution < 1.29 is 31.1 Å². The zero-order valence-electron chi connectivity index (χ0n) is 22.4. The van der Waals surface area contributed by atoms with Crippen molar-refractivity contribution in [1.82, 2.24) is 10.2 Å². The van der Waals surface area contributed by atoms with E-state index in [2.05, 4.69) is 5.32 Å². The van der Waals surface area contributed by atoms with E-state index in [0.717, 1.165) is 19.3 Å². The Morgan fingerprint density at radius 3 is 2.70 bits per heavy atom. The van der Waals surface area contributed by atoms with Crippen LogP contribution in [-0.2, 0) is 25.5 Å². The summed E-state index contributed by atoms with van der Waals surface area (Å²) in [6.07, 6.45) is 3.03. The zero-order chi connectivity index (χ0) is 26.0. The molecule has 7 heteroatoms. The summed E-state index contributed by atoms with van der Waals surface area (Å²) in [6, 6.07) is -4.97. The maximum Gasteiger partial charge on any atom is 0.326 e. The lowest BCUT2D eigenvalue weighted by atomic mass is 10.0. The maximum atomic E-state index is 13.3. The van der Waals surface area contributed by atoms with Gasteiger partial charge in [0.05, 0.1) is 19.5 Å². The topological polar surface area (TPSA) is 95.9 Å². The first-order valence-corrected chi connectivity index (χ1v) is 10.5. The number of nitrogens with one attached hydrogen (secondary N) is 1. The van der Waals surface area contributed by atoms with Crippen LogP contribution in [0.2, 0.25) is 0 Å². The van der Waals surface area contributed by atoms with Gasteiger partial charge in [0.25, 0.3) is 0 Å². The van der Waals surface area contributed by atoms with E-state index in [4.69, 9.17) is 11.6 Å². The first-order valence-electron chi connectivity index (χ1n) is 13.0. The van der Waals surface area contributed by atoms with Crippen molar-refractivity contribution in [2.75, 3.05) is 6.61 Å². The first kappa shape index (κ1) is 16.3. The number of carboxylic acid groups (broad SMARTS) is 1. The Morgan fingerprint density at radius 1 is 1.30 bits per heavy atom. The van der Waals surface area contributed by atoms with E-state index in [1.165, 1.54) is 4.90 Å². The van der Waals surface area contributed by atoms with Crippen LogP contribution in [0.3, 0.4) is 0 Å². The Balaban J connectivity index is 1.78. The minimum absolute atomic E-state index is 0.0146. The number of hydrogen-bond donors (Lipinski definition) is 2. The molecule has 5 atom stereocenters. The average Bonchev–Trinajstić information content (AvgIpc) is 3.41. The molecule has 1 aliphatic heterocycles. The van der Waals surface area contributed by atoms with Gasteiger partial charge in [-0.1, -0.05) is 36.6 Å². The van der Waals surface area contributed by atoms with E-state index in [1.807, 2.05) is 0 Å². The molecule has 7 nitrogen and oxygen atoms in total. The molecule has 0 aromatic heterocycles. The third-order valence-corrected chi connectivity index (χ3v) is 6.01. The summed E-state index contributed by atoms with van der Waals surface area (Å²) in [5, 5.41) is 12.6. The molecule has 1 saturated heterocycles. The molecule has 1 heterocycles. The molecule has 3 rings (SSSR count). The lowest BCUT2D eigenvalue weighted by Crippen LogP contribution is -2.55. The van der Waals surface area contributed by atoms with Gasteiger partial charge in [0.2, 0.25) is 5.91 Å². The molecule has 2 aliphatic rings. The quantitative estimate of drug-likeness (QED) is 0.595. The molecule has 1 aliphatic carbocycles. The van der Waals surface area contributed by atoms with Gasteiger partial charge < -0.3 is 14.7 Å². The number of amides is 1. The van der Waals surface area contributed by atoms with Crippen LogP contribution in [-0.4, -0.2) is 58.6 Å². The standard InChI is InChI=1S/C23H32N2O5/c1-3-30-23(29)18(13-12-16-8-5-4-6-9-16)24-15(2)21(26)25-19-11-7-10-17(19)14-20(25)22(27)28/h4-6,8-9,15,17-20,24H,3,7,10-14H2,1-2H3,(H,27,28)/t15-,17?,18-,19?,20-/m0/s1/i4D,5D,6D,8D,9D. The fraction of sp³-hybridized carbons (Fsp3) is 0.609. The normalized spacial score (nSPS) is 27.2. The lowest BCUT2D eigenvalue weighted by molar-refractivity contribution is -0.151. The van der Waals surface area contributed by atoms with Crippen LogP contribution in [0, 0.1) is 5.92 Å². The summed E-state index contributed by atoms with van der Waals surface area (Å²) >= 11 is 0. The van der Waals surface area contributed by atoms with E-state index in [1.54, 1.807) is 13.8 Å². The Morgan fingerprint density at radius 2 is 2.03 bits per heavy atom. The predicted octanol–water partition coefficient (Wildman–Crippen LogP) is 2.38. The van der Waals surface area contributed by atoms with Crippen molar-refractivity contribution in [3.8, 4) is 0 Å². The van der Waals surface area contributed by atoms with Gasteiger partial charge in [-0.25, -0.2) is 4.79 Å². The third kappa shape index (κ3) is 5.01. The smallest absolute Gasteiger partial charge is 0.326 e. The predicted molar refractivity (Wildman–Crippen MR) is 112 cm³/mol. The van der Waals surface area contributed by atoms with Crippen LogP contribution in [0.1, 0.15) is 58.4 Å². The Labute approximate surface area is 184 Å². The summed E-state index contributed by atoms with van der Waals surface area (Å²) in [6.45, 7) is 3.31. The number of esters is 1. The average molecular weight is 422 g/mol. The number of hydrogen-bond acceptors (Lipinski definition) is 5. The molecule has 0 bridgehead atoms. The second kappa shape index (κ2) is 10.1. The van der Waals surface area contributed by atoms with E-state index in [9.17, 15) is 19.5 Å². The molecule has 1 aromatic carbocycles. The number of ether oxygens (including phenoxy) is 1. The van der Waals surface area contributed by atoms with Gasteiger partial charge in [0.15, 0.2) is 0 Å². The van der Waals surface area contributed by atoms with Gasteiger partial charge in [0, 0.05) is 6.04 Å².